The molecule has 0 aliphatic carbocycles. The maximum absolute atomic E-state index is 11.7. The molecule has 0 radical (unpaired) electrons. The molecule has 0 aromatic heterocycles. The molecule has 1 aromatic rings. The van der Waals surface area contributed by atoms with Gasteiger partial charge < -0.3 is 19.5 Å². The fourth-order valence-corrected chi connectivity index (χ4v) is 2.10. The SMILES string of the molecule is CCOc1cc(/C=C/C(=O)NCCCOC)cc(Cl)c1OC. The Morgan fingerprint density at radius 1 is 1.36 bits per heavy atom. The Labute approximate surface area is 136 Å². The fourth-order valence-electron chi connectivity index (χ4n) is 1.80. The second-order valence-electron chi connectivity index (χ2n) is 4.44. The number of nitrogens with one attached hydrogen (secondary N) is 1. The molecule has 0 saturated carbocycles. The third-order valence-electron chi connectivity index (χ3n) is 2.79. The Kier molecular flexibility index (Phi) is 8.40. The lowest BCUT2D eigenvalue weighted by Gasteiger charge is -2.11. The lowest BCUT2D eigenvalue weighted by molar-refractivity contribution is -0.116. The van der Waals surface area contributed by atoms with Gasteiger partial charge in [0.1, 0.15) is 0 Å². The predicted octanol–water partition coefficient (Wildman–Crippen LogP) is 2.91. The van der Waals surface area contributed by atoms with Crippen molar-refractivity contribution in [2.75, 3.05) is 34.0 Å². The molecule has 0 aliphatic heterocycles. The van der Waals surface area contributed by atoms with E-state index in [4.69, 9.17) is 25.8 Å². The summed E-state index contributed by atoms with van der Waals surface area (Å²) in [5, 5.41) is 3.21. The second-order valence-corrected chi connectivity index (χ2v) is 4.85. The minimum atomic E-state index is -0.166. The van der Waals surface area contributed by atoms with Crippen LogP contribution in [0.25, 0.3) is 6.08 Å². The van der Waals surface area contributed by atoms with E-state index in [1.54, 1.807) is 25.3 Å². The van der Waals surface area contributed by atoms with Gasteiger partial charge in [-0.05, 0) is 37.1 Å². The lowest BCUT2D eigenvalue weighted by Crippen LogP contribution is -2.22. The summed E-state index contributed by atoms with van der Waals surface area (Å²) >= 11 is 6.15. The van der Waals surface area contributed by atoms with Crippen LogP contribution >= 0.6 is 11.6 Å². The van der Waals surface area contributed by atoms with Crippen LogP contribution in [0.1, 0.15) is 18.9 Å². The van der Waals surface area contributed by atoms with Crippen molar-refractivity contribution in [3.8, 4) is 11.5 Å². The van der Waals surface area contributed by atoms with E-state index in [-0.39, 0.29) is 5.91 Å². The van der Waals surface area contributed by atoms with E-state index in [1.807, 2.05) is 6.92 Å². The van der Waals surface area contributed by atoms with Crippen molar-refractivity contribution in [2.45, 2.75) is 13.3 Å². The minimum Gasteiger partial charge on any atom is -0.491 e. The van der Waals surface area contributed by atoms with Crippen molar-refractivity contribution in [2.24, 2.45) is 0 Å². The zero-order valence-corrected chi connectivity index (χ0v) is 13.9. The molecular weight excluding hydrogens is 306 g/mol. The van der Waals surface area contributed by atoms with E-state index in [0.29, 0.717) is 36.3 Å². The molecule has 1 N–H and O–H groups in total. The van der Waals surface area contributed by atoms with Gasteiger partial charge in [0.25, 0.3) is 0 Å². The molecule has 5 nitrogen and oxygen atoms in total. The highest BCUT2D eigenvalue weighted by Gasteiger charge is 2.10. The number of hydrogen-bond acceptors (Lipinski definition) is 4. The molecule has 0 fully saturated rings. The van der Waals surface area contributed by atoms with Gasteiger partial charge in [0.05, 0.1) is 18.7 Å². The third-order valence-corrected chi connectivity index (χ3v) is 3.07. The highest BCUT2D eigenvalue weighted by molar-refractivity contribution is 6.32. The number of halogens is 1. The van der Waals surface area contributed by atoms with Crippen LogP contribution in [0.4, 0.5) is 0 Å². The summed E-state index contributed by atoms with van der Waals surface area (Å²) < 4.78 is 15.6. The summed E-state index contributed by atoms with van der Waals surface area (Å²) in [4.78, 5) is 11.7. The van der Waals surface area contributed by atoms with Gasteiger partial charge in [-0.2, -0.15) is 0 Å². The first-order valence-corrected chi connectivity index (χ1v) is 7.45. The Morgan fingerprint density at radius 2 is 2.14 bits per heavy atom. The van der Waals surface area contributed by atoms with Crippen LogP contribution in [-0.4, -0.2) is 39.9 Å². The second kappa shape index (κ2) is 10.1. The molecule has 1 aromatic carbocycles. The standard InChI is InChI=1S/C16H22ClNO4/c1-4-22-14-11-12(10-13(17)16(14)21-3)6-7-15(19)18-8-5-9-20-2/h6-7,10-11H,4-5,8-9H2,1-3H3,(H,18,19)/b7-6+. The minimum absolute atomic E-state index is 0.166. The molecule has 22 heavy (non-hydrogen) atoms. The van der Waals surface area contributed by atoms with Crippen LogP contribution in [0.15, 0.2) is 18.2 Å². The summed E-state index contributed by atoms with van der Waals surface area (Å²) in [5.41, 5.74) is 0.765. The first-order chi connectivity index (χ1) is 10.6. The molecule has 1 amide bonds. The molecule has 0 aliphatic rings. The average molecular weight is 328 g/mol. The van der Waals surface area contributed by atoms with E-state index >= 15 is 0 Å². The smallest absolute Gasteiger partial charge is 0.244 e. The van der Waals surface area contributed by atoms with Gasteiger partial charge in [0.15, 0.2) is 11.5 Å². The fraction of sp³-hybridized carbons (Fsp3) is 0.438. The van der Waals surface area contributed by atoms with Gasteiger partial charge in [-0.1, -0.05) is 11.6 Å². The summed E-state index contributed by atoms with van der Waals surface area (Å²) in [6.45, 7) is 3.57. The number of benzene rings is 1. The largest absolute Gasteiger partial charge is 0.491 e. The highest BCUT2D eigenvalue weighted by atomic mass is 35.5. The summed E-state index contributed by atoms with van der Waals surface area (Å²) in [5.74, 6) is 0.878. The first kappa shape index (κ1) is 18.3. The van der Waals surface area contributed by atoms with Crippen LogP contribution in [0, 0.1) is 0 Å². The molecule has 0 heterocycles. The lowest BCUT2D eigenvalue weighted by atomic mass is 10.2. The molecule has 0 atom stereocenters. The third kappa shape index (κ3) is 5.95. The highest BCUT2D eigenvalue weighted by Crippen LogP contribution is 2.36. The topological polar surface area (TPSA) is 56.8 Å². The van der Waals surface area contributed by atoms with E-state index in [0.717, 1.165) is 12.0 Å². The van der Waals surface area contributed by atoms with Crippen LogP contribution < -0.4 is 14.8 Å². The summed E-state index contributed by atoms with van der Waals surface area (Å²) in [6, 6.07) is 3.50. The van der Waals surface area contributed by atoms with Crippen LogP contribution in [0.2, 0.25) is 5.02 Å². The number of carbonyl (C=O) groups excluding carboxylic acids is 1. The maximum atomic E-state index is 11.7. The molecular formula is C16H22ClNO4. The van der Waals surface area contributed by atoms with Gasteiger partial charge in [0, 0.05) is 26.3 Å². The molecule has 122 valence electrons. The average Bonchev–Trinajstić information content (AvgIpc) is 2.50. The van der Waals surface area contributed by atoms with Crippen molar-refractivity contribution in [1.29, 1.82) is 0 Å². The van der Waals surface area contributed by atoms with Gasteiger partial charge >= 0.3 is 0 Å². The number of amides is 1. The summed E-state index contributed by atoms with van der Waals surface area (Å²) in [7, 11) is 3.16. The predicted molar refractivity (Wildman–Crippen MR) is 87.7 cm³/mol. The van der Waals surface area contributed by atoms with Crippen molar-refractivity contribution in [3.63, 3.8) is 0 Å². The van der Waals surface area contributed by atoms with E-state index in [2.05, 4.69) is 5.32 Å². The number of ether oxygens (including phenoxy) is 3. The van der Waals surface area contributed by atoms with Crippen molar-refractivity contribution < 1.29 is 19.0 Å². The van der Waals surface area contributed by atoms with E-state index < -0.39 is 0 Å². The van der Waals surface area contributed by atoms with Gasteiger partial charge in [-0.15, -0.1) is 0 Å². The van der Waals surface area contributed by atoms with E-state index in [9.17, 15) is 4.79 Å². The van der Waals surface area contributed by atoms with Crippen molar-refractivity contribution in [1.82, 2.24) is 5.32 Å². The number of methoxy groups -OCH3 is 2. The summed E-state index contributed by atoms with van der Waals surface area (Å²) in [6.07, 6.45) is 3.92. The molecule has 0 saturated heterocycles. The van der Waals surface area contributed by atoms with Crippen LogP contribution in [0.3, 0.4) is 0 Å². The molecule has 1 rings (SSSR count). The maximum Gasteiger partial charge on any atom is 0.244 e. The quantitative estimate of drug-likeness (QED) is 0.559. The molecule has 6 heteroatoms. The van der Waals surface area contributed by atoms with Crippen LogP contribution in [0.5, 0.6) is 11.5 Å². The Morgan fingerprint density at radius 3 is 2.77 bits per heavy atom. The Bertz CT molecular complexity index is 517. The zero-order chi connectivity index (χ0) is 16.4. The molecule has 0 spiro atoms. The number of hydrogen-bond donors (Lipinski definition) is 1. The normalized spacial score (nSPS) is 10.7. The van der Waals surface area contributed by atoms with Gasteiger partial charge in [0.2, 0.25) is 5.91 Å². The van der Waals surface area contributed by atoms with Crippen molar-refractivity contribution >= 4 is 23.6 Å². The first-order valence-electron chi connectivity index (χ1n) is 7.07. The Hall–Kier alpha value is -1.72. The van der Waals surface area contributed by atoms with Crippen molar-refractivity contribution in [3.05, 3.63) is 28.8 Å². The van der Waals surface area contributed by atoms with Gasteiger partial charge in [-0.25, -0.2) is 0 Å². The zero-order valence-electron chi connectivity index (χ0n) is 13.1. The van der Waals surface area contributed by atoms with Gasteiger partial charge in [-0.3, -0.25) is 4.79 Å². The number of rotatable bonds is 9. The number of carbonyl (C=O) groups is 1. The molecule has 0 unspecified atom stereocenters. The molecule has 0 bridgehead atoms. The monoisotopic (exact) mass is 327 g/mol. The van der Waals surface area contributed by atoms with Crippen LogP contribution in [-0.2, 0) is 9.53 Å². The van der Waals surface area contributed by atoms with E-state index in [1.165, 1.54) is 13.2 Å². The Balaban J connectivity index is 2.72.